The molecule has 3 unspecified atom stereocenters. The van der Waals surface area contributed by atoms with Crippen molar-refractivity contribution in [3.05, 3.63) is 0 Å². The Morgan fingerprint density at radius 2 is 1.60 bits per heavy atom. The van der Waals surface area contributed by atoms with Crippen LogP contribution < -0.4 is 0 Å². The SMILES string of the molecule is CC#CC(CC(C)CC(C)C)C(C)CC. The quantitative estimate of drug-likeness (QED) is 0.553. The average molecular weight is 208 g/mol. The molecule has 0 saturated heterocycles. The van der Waals surface area contributed by atoms with Crippen molar-refractivity contribution in [3.8, 4) is 11.8 Å². The molecule has 0 nitrogen and oxygen atoms in total. The Hall–Kier alpha value is -0.440. The van der Waals surface area contributed by atoms with Gasteiger partial charge in [-0.15, -0.1) is 5.92 Å². The second-order valence-corrected chi connectivity index (χ2v) is 5.36. The first kappa shape index (κ1) is 14.6. The maximum atomic E-state index is 3.39. The van der Waals surface area contributed by atoms with E-state index in [0.717, 1.165) is 17.8 Å². The summed E-state index contributed by atoms with van der Waals surface area (Å²) in [6.45, 7) is 13.5. The molecule has 0 radical (unpaired) electrons. The van der Waals surface area contributed by atoms with Crippen LogP contribution in [0.1, 0.15) is 60.8 Å². The molecular formula is C15H28. The van der Waals surface area contributed by atoms with Crippen LogP contribution in [0.25, 0.3) is 0 Å². The monoisotopic (exact) mass is 208 g/mol. The fraction of sp³-hybridized carbons (Fsp3) is 0.867. The summed E-state index contributed by atoms with van der Waals surface area (Å²) >= 11 is 0. The van der Waals surface area contributed by atoms with Gasteiger partial charge in [-0.3, -0.25) is 0 Å². The third-order valence-corrected chi connectivity index (χ3v) is 3.19. The van der Waals surface area contributed by atoms with Crippen molar-refractivity contribution in [1.29, 1.82) is 0 Å². The molecule has 0 aromatic heterocycles. The van der Waals surface area contributed by atoms with E-state index in [1.807, 2.05) is 6.92 Å². The minimum Gasteiger partial charge on any atom is -0.106 e. The lowest BCUT2D eigenvalue weighted by atomic mass is 9.82. The van der Waals surface area contributed by atoms with Gasteiger partial charge in [-0.05, 0) is 37.5 Å². The van der Waals surface area contributed by atoms with Crippen molar-refractivity contribution in [2.45, 2.75) is 60.8 Å². The Kier molecular flexibility index (Phi) is 7.57. The van der Waals surface area contributed by atoms with Crippen LogP contribution in [0.2, 0.25) is 0 Å². The predicted molar refractivity (Wildman–Crippen MR) is 69.6 cm³/mol. The second kappa shape index (κ2) is 7.80. The fourth-order valence-corrected chi connectivity index (χ4v) is 2.24. The zero-order valence-electron chi connectivity index (χ0n) is 11.4. The molecule has 0 aliphatic carbocycles. The van der Waals surface area contributed by atoms with Gasteiger partial charge in [0.15, 0.2) is 0 Å². The summed E-state index contributed by atoms with van der Waals surface area (Å²) in [7, 11) is 0. The molecule has 0 N–H and O–H groups in total. The normalized spacial score (nSPS) is 16.7. The molecule has 0 aliphatic heterocycles. The molecule has 0 aromatic rings. The van der Waals surface area contributed by atoms with Gasteiger partial charge in [0.1, 0.15) is 0 Å². The smallest absolute Gasteiger partial charge is 0.0230 e. The topological polar surface area (TPSA) is 0 Å². The molecule has 0 spiro atoms. The zero-order valence-corrected chi connectivity index (χ0v) is 11.4. The molecule has 0 aliphatic rings. The Bertz CT molecular complexity index is 204. The van der Waals surface area contributed by atoms with Crippen LogP contribution in [-0.4, -0.2) is 0 Å². The summed E-state index contributed by atoms with van der Waals surface area (Å²) in [5.41, 5.74) is 0. The van der Waals surface area contributed by atoms with E-state index >= 15 is 0 Å². The van der Waals surface area contributed by atoms with Crippen molar-refractivity contribution < 1.29 is 0 Å². The van der Waals surface area contributed by atoms with E-state index in [2.05, 4.69) is 46.5 Å². The largest absolute Gasteiger partial charge is 0.106 e. The van der Waals surface area contributed by atoms with Gasteiger partial charge in [-0.25, -0.2) is 0 Å². The number of hydrogen-bond acceptors (Lipinski definition) is 0. The fourth-order valence-electron chi connectivity index (χ4n) is 2.24. The number of hydrogen-bond donors (Lipinski definition) is 0. The van der Waals surface area contributed by atoms with Gasteiger partial charge in [0.25, 0.3) is 0 Å². The van der Waals surface area contributed by atoms with Crippen molar-refractivity contribution >= 4 is 0 Å². The molecule has 3 atom stereocenters. The Morgan fingerprint density at radius 3 is 2.00 bits per heavy atom. The van der Waals surface area contributed by atoms with E-state index in [-0.39, 0.29) is 0 Å². The van der Waals surface area contributed by atoms with Crippen molar-refractivity contribution in [1.82, 2.24) is 0 Å². The van der Waals surface area contributed by atoms with E-state index in [9.17, 15) is 0 Å². The molecule has 0 aromatic carbocycles. The molecule has 0 heteroatoms. The Balaban J connectivity index is 4.20. The minimum atomic E-state index is 0.605. The number of rotatable bonds is 6. The van der Waals surface area contributed by atoms with Gasteiger partial charge in [0.2, 0.25) is 0 Å². The lowest BCUT2D eigenvalue weighted by Crippen LogP contribution is -2.14. The third kappa shape index (κ3) is 6.61. The van der Waals surface area contributed by atoms with Crippen LogP contribution in [0.15, 0.2) is 0 Å². The van der Waals surface area contributed by atoms with Gasteiger partial charge >= 0.3 is 0 Å². The molecule has 0 heterocycles. The van der Waals surface area contributed by atoms with E-state index in [1.54, 1.807) is 0 Å². The maximum absolute atomic E-state index is 3.39. The summed E-state index contributed by atoms with van der Waals surface area (Å²) in [5, 5.41) is 0. The molecule has 0 bridgehead atoms. The molecule has 15 heavy (non-hydrogen) atoms. The first-order chi connectivity index (χ1) is 7.01. The average Bonchev–Trinajstić information content (AvgIpc) is 2.14. The Morgan fingerprint density at radius 1 is 1.00 bits per heavy atom. The highest BCUT2D eigenvalue weighted by molar-refractivity contribution is 5.02. The molecule has 88 valence electrons. The Labute approximate surface area is 96.8 Å². The van der Waals surface area contributed by atoms with Crippen LogP contribution in [0.3, 0.4) is 0 Å². The molecule has 0 saturated carbocycles. The van der Waals surface area contributed by atoms with E-state index in [4.69, 9.17) is 0 Å². The van der Waals surface area contributed by atoms with E-state index in [0.29, 0.717) is 5.92 Å². The summed E-state index contributed by atoms with van der Waals surface area (Å²) in [6, 6.07) is 0. The maximum Gasteiger partial charge on any atom is 0.0230 e. The van der Waals surface area contributed by atoms with Gasteiger partial charge < -0.3 is 0 Å². The highest BCUT2D eigenvalue weighted by Gasteiger charge is 2.17. The minimum absolute atomic E-state index is 0.605. The molecule has 0 rings (SSSR count). The van der Waals surface area contributed by atoms with Crippen LogP contribution in [-0.2, 0) is 0 Å². The standard InChI is InChI=1S/C15H28/c1-7-9-15(14(6)8-2)11-13(5)10-12(3)4/h12-15H,8,10-11H2,1-6H3. The second-order valence-electron chi connectivity index (χ2n) is 5.36. The van der Waals surface area contributed by atoms with Crippen LogP contribution in [0, 0.1) is 35.5 Å². The lowest BCUT2D eigenvalue weighted by molar-refractivity contribution is 0.317. The van der Waals surface area contributed by atoms with Crippen LogP contribution >= 0.6 is 0 Å². The summed E-state index contributed by atoms with van der Waals surface area (Å²) in [4.78, 5) is 0. The first-order valence-electron chi connectivity index (χ1n) is 6.43. The van der Waals surface area contributed by atoms with Gasteiger partial charge in [-0.2, -0.15) is 0 Å². The van der Waals surface area contributed by atoms with Crippen LogP contribution in [0.4, 0.5) is 0 Å². The van der Waals surface area contributed by atoms with Crippen molar-refractivity contribution in [3.63, 3.8) is 0 Å². The van der Waals surface area contributed by atoms with Gasteiger partial charge in [-0.1, -0.05) is 47.0 Å². The van der Waals surface area contributed by atoms with Gasteiger partial charge in [0, 0.05) is 5.92 Å². The van der Waals surface area contributed by atoms with E-state index in [1.165, 1.54) is 19.3 Å². The summed E-state index contributed by atoms with van der Waals surface area (Å²) in [5.74, 6) is 9.45. The zero-order chi connectivity index (χ0) is 11.8. The molecule has 0 fully saturated rings. The van der Waals surface area contributed by atoms with E-state index < -0.39 is 0 Å². The summed E-state index contributed by atoms with van der Waals surface area (Å²) < 4.78 is 0. The highest BCUT2D eigenvalue weighted by atomic mass is 14.2. The van der Waals surface area contributed by atoms with Gasteiger partial charge in [0.05, 0.1) is 0 Å². The van der Waals surface area contributed by atoms with Crippen LogP contribution in [0.5, 0.6) is 0 Å². The lowest BCUT2D eigenvalue weighted by Gasteiger charge is -2.22. The van der Waals surface area contributed by atoms with Crippen molar-refractivity contribution in [2.24, 2.45) is 23.7 Å². The first-order valence-corrected chi connectivity index (χ1v) is 6.43. The highest BCUT2D eigenvalue weighted by Crippen LogP contribution is 2.25. The predicted octanol–water partition coefficient (Wildman–Crippen LogP) is 4.74. The molecular weight excluding hydrogens is 180 g/mol. The van der Waals surface area contributed by atoms with Crippen molar-refractivity contribution in [2.75, 3.05) is 0 Å². The molecule has 0 amide bonds. The third-order valence-electron chi connectivity index (χ3n) is 3.19. The summed E-state index contributed by atoms with van der Waals surface area (Å²) in [6.07, 6.45) is 3.85.